The number of ether oxygens (including phenoxy) is 1. The Morgan fingerprint density at radius 2 is 1.81 bits per heavy atom. The molecule has 1 aliphatic carbocycles. The van der Waals surface area contributed by atoms with Crippen LogP contribution in [0.3, 0.4) is 0 Å². The summed E-state index contributed by atoms with van der Waals surface area (Å²) in [5, 5.41) is 0. The summed E-state index contributed by atoms with van der Waals surface area (Å²) in [7, 11) is -3.84. The van der Waals surface area contributed by atoms with E-state index in [-0.39, 0.29) is 10.9 Å². The van der Waals surface area contributed by atoms with Gasteiger partial charge >= 0.3 is 6.36 Å². The van der Waals surface area contributed by atoms with Crippen LogP contribution in [-0.2, 0) is 10.0 Å². The van der Waals surface area contributed by atoms with Crippen molar-refractivity contribution in [3.05, 3.63) is 24.3 Å². The fourth-order valence-electron chi connectivity index (χ4n) is 2.35. The van der Waals surface area contributed by atoms with E-state index in [0.29, 0.717) is 0 Å². The Balaban J connectivity index is 2.13. The number of hydrogen-bond donors (Lipinski definition) is 1. The monoisotopic (exact) mass is 323 g/mol. The molecule has 1 N–H and O–H groups in total. The molecule has 0 unspecified atom stereocenters. The fraction of sp³-hybridized carbons (Fsp3) is 0.538. The van der Waals surface area contributed by atoms with Gasteiger partial charge in [0.1, 0.15) is 5.75 Å². The first kappa shape index (κ1) is 16.1. The van der Waals surface area contributed by atoms with Gasteiger partial charge in [0, 0.05) is 12.1 Å². The molecule has 1 aromatic carbocycles. The zero-order chi connectivity index (χ0) is 15.5. The molecule has 1 aromatic rings. The Morgan fingerprint density at radius 1 is 1.14 bits per heavy atom. The van der Waals surface area contributed by atoms with Crippen molar-refractivity contribution in [3.8, 4) is 5.75 Å². The smallest absolute Gasteiger partial charge is 0.406 e. The van der Waals surface area contributed by atoms with Crippen molar-refractivity contribution in [1.29, 1.82) is 0 Å². The predicted octanol–water partition coefficient (Wildman–Crippen LogP) is 3.20. The van der Waals surface area contributed by atoms with Gasteiger partial charge in [-0.25, -0.2) is 13.1 Å². The van der Waals surface area contributed by atoms with Crippen LogP contribution >= 0.6 is 0 Å². The van der Waals surface area contributed by atoms with E-state index in [4.69, 9.17) is 0 Å². The third kappa shape index (κ3) is 4.89. The van der Waals surface area contributed by atoms with Crippen LogP contribution in [0, 0.1) is 0 Å². The molecule has 4 nitrogen and oxygen atoms in total. The largest absolute Gasteiger partial charge is 0.573 e. The summed E-state index contributed by atoms with van der Waals surface area (Å²) in [6, 6.07) is 4.24. The summed E-state index contributed by atoms with van der Waals surface area (Å²) in [4.78, 5) is -0.227. The lowest BCUT2D eigenvalue weighted by molar-refractivity contribution is -0.274. The molecule has 1 saturated carbocycles. The minimum absolute atomic E-state index is 0.157. The first-order chi connectivity index (χ1) is 9.76. The van der Waals surface area contributed by atoms with Crippen LogP contribution in [0.25, 0.3) is 0 Å². The van der Waals surface area contributed by atoms with E-state index in [0.717, 1.165) is 44.2 Å². The van der Waals surface area contributed by atoms with Crippen LogP contribution in [0.1, 0.15) is 32.1 Å². The molecular weight excluding hydrogens is 307 g/mol. The minimum Gasteiger partial charge on any atom is -0.406 e. The summed E-state index contributed by atoms with van der Waals surface area (Å²) in [6.07, 6.45) is -0.378. The Hall–Kier alpha value is -1.28. The lowest BCUT2D eigenvalue weighted by Gasteiger charge is -2.22. The Morgan fingerprint density at radius 3 is 2.43 bits per heavy atom. The van der Waals surface area contributed by atoms with Crippen LogP contribution in [0.15, 0.2) is 29.2 Å². The highest BCUT2D eigenvalue weighted by Crippen LogP contribution is 2.26. The zero-order valence-corrected chi connectivity index (χ0v) is 12.0. The van der Waals surface area contributed by atoms with Crippen molar-refractivity contribution in [2.24, 2.45) is 0 Å². The maximum Gasteiger partial charge on any atom is 0.573 e. The van der Waals surface area contributed by atoms with Gasteiger partial charge in [-0.05, 0) is 25.0 Å². The summed E-state index contributed by atoms with van der Waals surface area (Å²) >= 11 is 0. The molecule has 1 aliphatic rings. The third-order valence-corrected chi connectivity index (χ3v) is 4.79. The van der Waals surface area contributed by atoms with Crippen molar-refractivity contribution in [2.45, 2.75) is 49.4 Å². The van der Waals surface area contributed by atoms with Crippen LogP contribution in [0.5, 0.6) is 5.75 Å². The van der Waals surface area contributed by atoms with Crippen molar-refractivity contribution in [2.75, 3.05) is 0 Å². The number of rotatable bonds is 4. The number of hydrogen-bond acceptors (Lipinski definition) is 3. The van der Waals surface area contributed by atoms with Gasteiger partial charge in [-0.2, -0.15) is 0 Å². The average molecular weight is 323 g/mol. The summed E-state index contributed by atoms with van der Waals surface area (Å²) in [5.74, 6) is -0.547. The quantitative estimate of drug-likeness (QED) is 0.926. The lowest BCUT2D eigenvalue weighted by atomic mass is 9.96. The Bertz CT molecular complexity index is 581. The first-order valence-electron chi connectivity index (χ1n) is 6.64. The molecule has 0 atom stereocenters. The van der Waals surface area contributed by atoms with Crippen molar-refractivity contribution in [1.82, 2.24) is 4.72 Å². The van der Waals surface area contributed by atoms with E-state index in [9.17, 15) is 21.6 Å². The highest BCUT2D eigenvalue weighted by Gasteiger charge is 2.31. The molecule has 0 heterocycles. The predicted molar refractivity (Wildman–Crippen MR) is 70.3 cm³/mol. The summed E-state index contributed by atoms with van der Waals surface area (Å²) in [6.45, 7) is 0. The van der Waals surface area contributed by atoms with Gasteiger partial charge in [0.25, 0.3) is 0 Å². The standard InChI is InChI=1S/C13H16F3NO3S/c14-13(15,16)20-11-7-4-8-12(9-11)21(18,19)17-10-5-2-1-3-6-10/h4,7-10,17H,1-3,5-6H2. The molecule has 118 valence electrons. The lowest BCUT2D eigenvalue weighted by Crippen LogP contribution is -2.36. The zero-order valence-electron chi connectivity index (χ0n) is 11.2. The first-order valence-corrected chi connectivity index (χ1v) is 8.13. The molecule has 0 spiro atoms. The van der Waals surface area contributed by atoms with Crippen LogP contribution in [0.2, 0.25) is 0 Å². The second-order valence-corrected chi connectivity index (χ2v) is 6.69. The van der Waals surface area contributed by atoms with Gasteiger partial charge in [0.05, 0.1) is 4.90 Å². The maximum absolute atomic E-state index is 12.2. The summed E-state index contributed by atoms with van der Waals surface area (Å²) < 4.78 is 67.1. The van der Waals surface area contributed by atoms with Crippen LogP contribution in [-0.4, -0.2) is 20.8 Å². The third-order valence-electron chi connectivity index (χ3n) is 3.28. The van der Waals surface area contributed by atoms with E-state index in [1.807, 2.05) is 0 Å². The number of sulfonamides is 1. The van der Waals surface area contributed by atoms with Crippen molar-refractivity contribution in [3.63, 3.8) is 0 Å². The molecule has 0 bridgehead atoms. The van der Waals surface area contributed by atoms with E-state index in [1.165, 1.54) is 12.1 Å². The molecule has 8 heteroatoms. The molecular formula is C13H16F3NO3S. The van der Waals surface area contributed by atoms with Gasteiger partial charge in [-0.3, -0.25) is 0 Å². The Kier molecular flexibility index (Phi) is 4.77. The molecule has 21 heavy (non-hydrogen) atoms. The van der Waals surface area contributed by atoms with E-state index >= 15 is 0 Å². The highest BCUT2D eigenvalue weighted by atomic mass is 32.2. The van der Waals surface area contributed by atoms with Gasteiger partial charge in [-0.1, -0.05) is 25.3 Å². The van der Waals surface area contributed by atoms with Gasteiger partial charge < -0.3 is 4.74 Å². The molecule has 2 rings (SSSR count). The second-order valence-electron chi connectivity index (χ2n) is 4.98. The maximum atomic E-state index is 12.2. The van der Waals surface area contributed by atoms with E-state index < -0.39 is 22.1 Å². The number of halogens is 3. The average Bonchev–Trinajstić information content (AvgIpc) is 2.37. The highest BCUT2D eigenvalue weighted by molar-refractivity contribution is 7.89. The minimum atomic E-state index is -4.85. The van der Waals surface area contributed by atoms with E-state index in [2.05, 4.69) is 9.46 Å². The molecule has 1 fully saturated rings. The molecule has 0 aliphatic heterocycles. The molecule has 0 amide bonds. The molecule has 0 saturated heterocycles. The fourth-order valence-corrected chi connectivity index (χ4v) is 3.69. The number of benzene rings is 1. The van der Waals surface area contributed by atoms with Crippen LogP contribution in [0.4, 0.5) is 13.2 Å². The normalized spacial score (nSPS) is 17.7. The Labute approximate surface area is 121 Å². The van der Waals surface area contributed by atoms with Crippen molar-refractivity contribution >= 4 is 10.0 Å². The second kappa shape index (κ2) is 6.23. The summed E-state index contributed by atoms with van der Waals surface area (Å²) in [5.41, 5.74) is 0. The van der Waals surface area contributed by atoms with Gasteiger partial charge in [0.15, 0.2) is 0 Å². The molecule has 0 radical (unpaired) electrons. The van der Waals surface area contributed by atoms with Crippen molar-refractivity contribution < 1.29 is 26.3 Å². The van der Waals surface area contributed by atoms with E-state index in [1.54, 1.807) is 0 Å². The van der Waals surface area contributed by atoms with Gasteiger partial charge in [0.2, 0.25) is 10.0 Å². The topological polar surface area (TPSA) is 55.4 Å². The number of nitrogens with one attached hydrogen (secondary N) is 1. The van der Waals surface area contributed by atoms with Crippen LogP contribution < -0.4 is 9.46 Å². The molecule has 0 aromatic heterocycles. The van der Waals surface area contributed by atoms with Gasteiger partial charge in [-0.15, -0.1) is 13.2 Å². The SMILES string of the molecule is O=S(=O)(NC1CCCCC1)c1cccc(OC(F)(F)F)c1. The number of alkyl halides is 3.